The second kappa shape index (κ2) is 5.89. The third-order valence-electron chi connectivity index (χ3n) is 2.91. The van der Waals surface area contributed by atoms with E-state index in [1.807, 2.05) is 25.1 Å². The van der Waals surface area contributed by atoms with Gasteiger partial charge in [-0.2, -0.15) is 0 Å². The molecule has 2 aromatic rings. The maximum Gasteiger partial charge on any atom is 0.208 e. The van der Waals surface area contributed by atoms with Crippen molar-refractivity contribution in [2.45, 2.75) is 33.4 Å². The van der Waals surface area contributed by atoms with Gasteiger partial charge in [0.05, 0.1) is 19.9 Å². The normalized spacial score (nSPS) is 11.0. The number of hydrogen-bond donors (Lipinski definition) is 1. The molecule has 0 aliphatic carbocycles. The first-order valence-electron chi connectivity index (χ1n) is 6.43. The fourth-order valence-electron chi connectivity index (χ4n) is 1.79. The molecular formula is C15H20N2O2. The van der Waals surface area contributed by atoms with Crippen molar-refractivity contribution in [3.8, 4) is 17.1 Å². The maximum atomic E-state index is 5.73. The van der Waals surface area contributed by atoms with E-state index in [-0.39, 0.29) is 0 Å². The molecule has 1 N–H and O–H groups in total. The summed E-state index contributed by atoms with van der Waals surface area (Å²) in [5.41, 5.74) is 2.08. The molecule has 4 nitrogen and oxygen atoms in total. The summed E-state index contributed by atoms with van der Waals surface area (Å²) in [5.74, 6) is 2.32. The minimum atomic E-state index is 0.412. The number of oxazole rings is 1. The van der Waals surface area contributed by atoms with Crippen LogP contribution in [0.2, 0.25) is 0 Å². The second-order valence-corrected chi connectivity index (χ2v) is 4.84. The first-order chi connectivity index (χ1) is 9.10. The second-order valence-electron chi connectivity index (χ2n) is 4.84. The summed E-state index contributed by atoms with van der Waals surface area (Å²) in [4.78, 5) is 4.27. The third kappa shape index (κ3) is 3.35. The van der Waals surface area contributed by atoms with Gasteiger partial charge in [-0.05, 0) is 18.6 Å². The largest absolute Gasteiger partial charge is 0.496 e. The van der Waals surface area contributed by atoms with Crippen molar-refractivity contribution >= 4 is 0 Å². The van der Waals surface area contributed by atoms with Crippen molar-refractivity contribution in [1.29, 1.82) is 0 Å². The topological polar surface area (TPSA) is 47.3 Å². The molecule has 0 bridgehead atoms. The highest BCUT2D eigenvalue weighted by molar-refractivity contribution is 5.60. The molecule has 102 valence electrons. The molecule has 0 fully saturated rings. The monoisotopic (exact) mass is 260 g/mol. The van der Waals surface area contributed by atoms with Crippen LogP contribution in [0.25, 0.3) is 11.3 Å². The van der Waals surface area contributed by atoms with Gasteiger partial charge in [-0.15, -0.1) is 0 Å². The predicted octanol–water partition coefficient (Wildman–Crippen LogP) is 3.16. The third-order valence-corrected chi connectivity index (χ3v) is 2.91. The molecule has 0 saturated heterocycles. The molecule has 4 heteroatoms. The molecule has 1 heterocycles. The summed E-state index contributed by atoms with van der Waals surface area (Å²) >= 11 is 0. The van der Waals surface area contributed by atoms with Crippen LogP contribution in [-0.4, -0.2) is 18.1 Å². The molecule has 0 spiro atoms. The van der Waals surface area contributed by atoms with Gasteiger partial charge in [0.15, 0.2) is 5.76 Å². The van der Waals surface area contributed by atoms with Crippen LogP contribution in [0, 0.1) is 6.92 Å². The molecule has 0 aliphatic heterocycles. The zero-order chi connectivity index (χ0) is 13.8. The average molecular weight is 260 g/mol. The maximum absolute atomic E-state index is 5.73. The number of rotatable bonds is 5. The van der Waals surface area contributed by atoms with Crippen LogP contribution >= 0.6 is 0 Å². The highest BCUT2D eigenvalue weighted by atomic mass is 16.5. The van der Waals surface area contributed by atoms with Crippen molar-refractivity contribution in [2.24, 2.45) is 0 Å². The van der Waals surface area contributed by atoms with E-state index in [2.05, 4.69) is 24.1 Å². The smallest absolute Gasteiger partial charge is 0.208 e. The van der Waals surface area contributed by atoms with Gasteiger partial charge < -0.3 is 14.5 Å². The molecule has 2 rings (SSSR count). The average Bonchev–Trinajstić information content (AvgIpc) is 2.86. The zero-order valence-electron chi connectivity index (χ0n) is 11.9. The lowest BCUT2D eigenvalue weighted by molar-refractivity contribution is 0.411. The quantitative estimate of drug-likeness (QED) is 0.897. The molecule has 0 amide bonds. The van der Waals surface area contributed by atoms with Crippen molar-refractivity contribution in [1.82, 2.24) is 10.3 Å². The van der Waals surface area contributed by atoms with Crippen LogP contribution in [0.1, 0.15) is 25.3 Å². The van der Waals surface area contributed by atoms with Crippen molar-refractivity contribution in [2.75, 3.05) is 7.11 Å². The van der Waals surface area contributed by atoms with E-state index in [1.165, 1.54) is 0 Å². The number of aromatic nitrogens is 1. The highest BCUT2D eigenvalue weighted by Crippen LogP contribution is 2.27. The Balaban J connectivity index is 2.18. The first-order valence-corrected chi connectivity index (χ1v) is 6.43. The van der Waals surface area contributed by atoms with Crippen LogP contribution < -0.4 is 10.1 Å². The number of methoxy groups -OCH3 is 1. The fourth-order valence-corrected chi connectivity index (χ4v) is 1.79. The summed E-state index contributed by atoms with van der Waals surface area (Å²) in [5, 5.41) is 3.28. The molecule has 0 saturated carbocycles. The van der Waals surface area contributed by atoms with Crippen molar-refractivity contribution in [3.63, 3.8) is 0 Å². The van der Waals surface area contributed by atoms with E-state index < -0.39 is 0 Å². The van der Waals surface area contributed by atoms with E-state index >= 15 is 0 Å². The first kappa shape index (κ1) is 13.6. The summed E-state index contributed by atoms with van der Waals surface area (Å²) < 4.78 is 11.0. The molecule has 0 atom stereocenters. The highest BCUT2D eigenvalue weighted by Gasteiger charge is 2.08. The van der Waals surface area contributed by atoms with E-state index in [4.69, 9.17) is 9.15 Å². The van der Waals surface area contributed by atoms with Crippen LogP contribution in [0.4, 0.5) is 0 Å². The number of nitrogens with one attached hydrogen (secondary N) is 1. The Morgan fingerprint density at radius 3 is 2.84 bits per heavy atom. The van der Waals surface area contributed by atoms with Crippen molar-refractivity contribution in [3.05, 3.63) is 35.9 Å². The molecule has 19 heavy (non-hydrogen) atoms. The lowest BCUT2D eigenvalue weighted by Gasteiger charge is -2.06. The zero-order valence-corrected chi connectivity index (χ0v) is 11.9. The minimum Gasteiger partial charge on any atom is -0.496 e. The predicted molar refractivity (Wildman–Crippen MR) is 75.2 cm³/mol. The van der Waals surface area contributed by atoms with E-state index in [9.17, 15) is 0 Å². The Morgan fingerprint density at radius 1 is 1.37 bits per heavy atom. The number of aryl methyl sites for hydroxylation is 1. The molecule has 1 aromatic carbocycles. The van der Waals surface area contributed by atoms with Gasteiger partial charge in [0.1, 0.15) is 5.75 Å². The van der Waals surface area contributed by atoms with Gasteiger partial charge in [-0.3, -0.25) is 0 Å². The summed E-state index contributed by atoms with van der Waals surface area (Å²) in [7, 11) is 1.67. The fraction of sp³-hybridized carbons (Fsp3) is 0.400. The van der Waals surface area contributed by atoms with Gasteiger partial charge in [0.25, 0.3) is 0 Å². The van der Waals surface area contributed by atoms with E-state index in [0.29, 0.717) is 18.5 Å². The number of nitrogens with zero attached hydrogens (tertiary/aromatic N) is 1. The molecule has 0 unspecified atom stereocenters. The summed E-state index contributed by atoms with van der Waals surface area (Å²) in [6.07, 6.45) is 1.75. The molecular weight excluding hydrogens is 240 g/mol. The molecule has 1 aromatic heterocycles. The van der Waals surface area contributed by atoms with Crippen LogP contribution in [-0.2, 0) is 6.54 Å². The Hall–Kier alpha value is -1.81. The molecule has 0 radical (unpaired) electrons. The lowest BCUT2D eigenvalue weighted by Crippen LogP contribution is -2.21. The number of ether oxygens (including phenoxy) is 1. The number of hydrogen-bond acceptors (Lipinski definition) is 4. The van der Waals surface area contributed by atoms with E-state index in [0.717, 1.165) is 22.6 Å². The standard InChI is InChI=1S/C15H20N2O2/c1-10(2)16-9-15-17-8-14(19-15)12-6-5-11(3)13(7-12)18-4/h5-8,10,16H,9H2,1-4H3. The Bertz CT molecular complexity index is 547. The summed E-state index contributed by atoms with van der Waals surface area (Å²) in [6.45, 7) is 6.84. The van der Waals surface area contributed by atoms with E-state index in [1.54, 1.807) is 13.3 Å². The minimum absolute atomic E-state index is 0.412. The van der Waals surface area contributed by atoms with Gasteiger partial charge in [-0.25, -0.2) is 4.98 Å². The van der Waals surface area contributed by atoms with Gasteiger partial charge in [0.2, 0.25) is 5.89 Å². The Kier molecular flexibility index (Phi) is 4.22. The Labute approximate surface area is 113 Å². The lowest BCUT2D eigenvalue weighted by atomic mass is 10.1. The van der Waals surface area contributed by atoms with Crippen LogP contribution in [0.3, 0.4) is 0 Å². The summed E-state index contributed by atoms with van der Waals surface area (Å²) in [6, 6.07) is 6.41. The molecule has 0 aliphatic rings. The van der Waals surface area contributed by atoms with Gasteiger partial charge in [-0.1, -0.05) is 26.0 Å². The Morgan fingerprint density at radius 2 is 2.16 bits per heavy atom. The van der Waals surface area contributed by atoms with Crippen molar-refractivity contribution < 1.29 is 9.15 Å². The van der Waals surface area contributed by atoms with Gasteiger partial charge in [0, 0.05) is 11.6 Å². The van der Waals surface area contributed by atoms with Gasteiger partial charge >= 0.3 is 0 Å². The van der Waals surface area contributed by atoms with Crippen LogP contribution in [0.5, 0.6) is 5.75 Å². The van der Waals surface area contributed by atoms with Crippen LogP contribution in [0.15, 0.2) is 28.8 Å². The SMILES string of the molecule is COc1cc(-c2cnc(CNC(C)C)o2)ccc1C. The number of benzene rings is 1.